The van der Waals surface area contributed by atoms with Gasteiger partial charge < -0.3 is 9.88 Å². The lowest BCUT2D eigenvalue weighted by Gasteiger charge is -2.22. The first-order valence-electron chi connectivity index (χ1n) is 8.34. The molecule has 0 bridgehead atoms. The number of aromatic amines is 1. The number of benzene rings is 1. The average Bonchev–Trinajstić information content (AvgIpc) is 3.05. The van der Waals surface area contributed by atoms with Crippen molar-refractivity contribution in [3.8, 4) is 0 Å². The number of aromatic nitrogens is 1. The van der Waals surface area contributed by atoms with Crippen molar-refractivity contribution in [1.82, 2.24) is 9.88 Å². The maximum atomic E-state index is 3.69. The lowest BCUT2D eigenvalue weighted by Crippen LogP contribution is -2.26. The zero-order valence-electron chi connectivity index (χ0n) is 13.7. The third kappa shape index (κ3) is 2.27. The van der Waals surface area contributed by atoms with E-state index in [0.717, 1.165) is 25.4 Å². The van der Waals surface area contributed by atoms with Crippen molar-refractivity contribution in [2.24, 2.45) is 5.92 Å². The second-order valence-electron chi connectivity index (χ2n) is 7.12. The highest BCUT2D eigenvalue weighted by atomic mass is 32.1. The molecule has 0 atom stereocenters. The number of hydrogen-bond acceptors (Lipinski definition) is 2. The van der Waals surface area contributed by atoms with E-state index in [0.29, 0.717) is 0 Å². The Hall–Kier alpha value is -1.32. The summed E-state index contributed by atoms with van der Waals surface area (Å²) >= 11 is 1.91. The van der Waals surface area contributed by atoms with Crippen molar-refractivity contribution < 1.29 is 0 Å². The number of rotatable bonds is 3. The molecule has 0 saturated heterocycles. The van der Waals surface area contributed by atoms with Crippen molar-refractivity contribution in [3.63, 3.8) is 0 Å². The van der Waals surface area contributed by atoms with Gasteiger partial charge in [-0.2, -0.15) is 0 Å². The molecule has 0 saturated carbocycles. The predicted molar refractivity (Wildman–Crippen MR) is 96.9 cm³/mol. The van der Waals surface area contributed by atoms with E-state index in [1.54, 1.807) is 11.1 Å². The molecule has 3 heterocycles. The van der Waals surface area contributed by atoms with E-state index in [9.17, 15) is 0 Å². The van der Waals surface area contributed by atoms with Crippen LogP contribution in [0, 0.1) is 5.92 Å². The molecule has 116 valence electrons. The summed E-state index contributed by atoms with van der Waals surface area (Å²) in [6.45, 7) is 6.87. The van der Waals surface area contributed by atoms with Crippen LogP contribution in [-0.2, 0) is 19.4 Å². The number of likely N-dealkylation sites (N-methyl/N-ethyl adjacent to an activating group) is 1. The van der Waals surface area contributed by atoms with Crippen LogP contribution in [0.3, 0.4) is 0 Å². The summed E-state index contributed by atoms with van der Waals surface area (Å²) in [6, 6.07) is 4.57. The van der Waals surface area contributed by atoms with Gasteiger partial charge in [0.05, 0.1) is 0 Å². The zero-order valence-corrected chi connectivity index (χ0v) is 14.5. The first-order valence-corrected chi connectivity index (χ1v) is 9.22. The number of nitrogens with one attached hydrogen (secondary N) is 1. The molecule has 22 heavy (non-hydrogen) atoms. The quantitative estimate of drug-likeness (QED) is 0.724. The number of hydrogen-bond donors (Lipinski definition) is 1. The number of H-pyrrole nitrogens is 1. The zero-order chi connectivity index (χ0) is 15.3. The summed E-state index contributed by atoms with van der Waals surface area (Å²) in [6.07, 6.45) is 3.62. The summed E-state index contributed by atoms with van der Waals surface area (Å²) in [5, 5.41) is 5.41. The van der Waals surface area contributed by atoms with E-state index in [4.69, 9.17) is 0 Å². The van der Waals surface area contributed by atoms with Crippen molar-refractivity contribution in [3.05, 3.63) is 34.3 Å². The van der Waals surface area contributed by atoms with Crippen LogP contribution in [0.1, 0.15) is 37.1 Å². The van der Waals surface area contributed by atoms with E-state index in [1.165, 1.54) is 39.5 Å². The van der Waals surface area contributed by atoms with Gasteiger partial charge in [-0.25, -0.2) is 0 Å². The molecule has 2 aromatic heterocycles. The third-order valence-corrected chi connectivity index (χ3v) is 5.93. The standard InChI is InChI=1S/C19H24N2S/c1-12(2)4-5-13-11-22-17-7-6-16-19(18(13)17)14-10-21(3)9-8-15(14)20-16/h6-7,11-12,20H,4-5,8-10H2,1-3H3. The van der Waals surface area contributed by atoms with Gasteiger partial charge in [-0.05, 0) is 54.4 Å². The van der Waals surface area contributed by atoms with E-state index >= 15 is 0 Å². The summed E-state index contributed by atoms with van der Waals surface area (Å²) in [5.41, 5.74) is 5.88. The maximum Gasteiger partial charge on any atom is 0.0466 e. The summed E-state index contributed by atoms with van der Waals surface area (Å²) < 4.78 is 1.45. The number of thiophene rings is 1. The molecule has 1 aliphatic rings. The molecular formula is C19H24N2S. The Bertz CT molecular complexity index is 825. The van der Waals surface area contributed by atoms with Crippen molar-refractivity contribution in [2.75, 3.05) is 13.6 Å². The maximum absolute atomic E-state index is 3.69. The van der Waals surface area contributed by atoms with Crippen LogP contribution in [0.5, 0.6) is 0 Å². The molecule has 0 fully saturated rings. The van der Waals surface area contributed by atoms with Crippen LogP contribution in [0.25, 0.3) is 21.0 Å². The fourth-order valence-electron chi connectivity index (χ4n) is 3.67. The molecule has 0 aliphatic carbocycles. The lowest BCUT2D eigenvalue weighted by atomic mass is 9.97. The molecular weight excluding hydrogens is 288 g/mol. The molecule has 2 nitrogen and oxygen atoms in total. The predicted octanol–water partition coefficient (Wildman–Crippen LogP) is 4.96. The van der Waals surface area contributed by atoms with Gasteiger partial charge in [-0.15, -0.1) is 11.3 Å². The van der Waals surface area contributed by atoms with Crippen LogP contribution >= 0.6 is 11.3 Å². The van der Waals surface area contributed by atoms with E-state index in [2.05, 4.69) is 48.3 Å². The smallest absolute Gasteiger partial charge is 0.0466 e. The van der Waals surface area contributed by atoms with Gasteiger partial charge >= 0.3 is 0 Å². The Morgan fingerprint density at radius 3 is 2.95 bits per heavy atom. The Balaban J connectivity index is 1.93. The molecule has 1 aliphatic heterocycles. The summed E-state index contributed by atoms with van der Waals surface area (Å²) in [4.78, 5) is 6.13. The first-order chi connectivity index (χ1) is 10.6. The lowest BCUT2D eigenvalue weighted by molar-refractivity contribution is 0.313. The van der Waals surface area contributed by atoms with E-state index in [-0.39, 0.29) is 0 Å². The van der Waals surface area contributed by atoms with Crippen LogP contribution in [0.4, 0.5) is 0 Å². The fourth-order valence-corrected chi connectivity index (χ4v) is 4.67. The Morgan fingerprint density at radius 2 is 2.14 bits per heavy atom. The van der Waals surface area contributed by atoms with Crippen LogP contribution in [0.15, 0.2) is 17.5 Å². The largest absolute Gasteiger partial charge is 0.358 e. The highest BCUT2D eigenvalue weighted by molar-refractivity contribution is 7.17. The van der Waals surface area contributed by atoms with Gasteiger partial charge in [0.25, 0.3) is 0 Å². The third-order valence-electron chi connectivity index (χ3n) is 4.93. The molecule has 1 N–H and O–H groups in total. The Kier molecular flexibility index (Phi) is 3.50. The Labute approximate surface area is 136 Å². The average molecular weight is 312 g/mol. The molecule has 1 aromatic carbocycles. The topological polar surface area (TPSA) is 19.0 Å². The second-order valence-corrected chi connectivity index (χ2v) is 8.04. The Morgan fingerprint density at radius 1 is 1.27 bits per heavy atom. The van der Waals surface area contributed by atoms with Crippen LogP contribution in [-0.4, -0.2) is 23.5 Å². The first kappa shape index (κ1) is 14.3. The summed E-state index contributed by atoms with van der Waals surface area (Å²) in [5.74, 6) is 0.764. The van der Waals surface area contributed by atoms with Crippen LogP contribution in [0.2, 0.25) is 0 Å². The van der Waals surface area contributed by atoms with Crippen molar-refractivity contribution in [2.45, 2.75) is 39.7 Å². The van der Waals surface area contributed by atoms with Gasteiger partial charge in [-0.1, -0.05) is 13.8 Å². The van der Waals surface area contributed by atoms with Gasteiger partial charge in [0.15, 0.2) is 0 Å². The van der Waals surface area contributed by atoms with Gasteiger partial charge in [0, 0.05) is 46.2 Å². The van der Waals surface area contributed by atoms with Crippen molar-refractivity contribution in [1.29, 1.82) is 0 Å². The second kappa shape index (κ2) is 5.39. The van der Waals surface area contributed by atoms with Crippen LogP contribution < -0.4 is 0 Å². The van der Waals surface area contributed by atoms with Gasteiger partial charge in [-0.3, -0.25) is 0 Å². The monoisotopic (exact) mass is 312 g/mol. The molecule has 0 radical (unpaired) electrons. The highest BCUT2D eigenvalue weighted by Gasteiger charge is 2.21. The molecule has 3 heteroatoms. The molecule has 3 aromatic rings. The summed E-state index contributed by atoms with van der Waals surface area (Å²) in [7, 11) is 2.23. The SMILES string of the molecule is CC(C)CCc1csc2ccc3[nH]c4c(c3c12)CN(C)CC4. The number of aryl methyl sites for hydroxylation is 1. The number of nitrogens with zero attached hydrogens (tertiary/aromatic N) is 1. The normalized spacial score (nSPS) is 16.0. The van der Waals surface area contributed by atoms with E-state index < -0.39 is 0 Å². The molecule has 4 rings (SSSR count). The molecule has 0 spiro atoms. The minimum Gasteiger partial charge on any atom is -0.358 e. The minimum atomic E-state index is 0.764. The van der Waals surface area contributed by atoms with E-state index in [1.807, 2.05) is 11.3 Å². The molecule has 0 unspecified atom stereocenters. The number of fused-ring (bicyclic) bond motifs is 5. The highest BCUT2D eigenvalue weighted by Crippen LogP contribution is 2.38. The molecule has 0 amide bonds. The fraction of sp³-hybridized carbons (Fsp3) is 0.474. The van der Waals surface area contributed by atoms with Gasteiger partial charge in [0.1, 0.15) is 0 Å². The van der Waals surface area contributed by atoms with Crippen molar-refractivity contribution >= 4 is 32.3 Å². The minimum absolute atomic E-state index is 0.764. The van der Waals surface area contributed by atoms with Gasteiger partial charge in [0.2, 0.25) is 0 Å².